The molecule has 0 fully saturated rings. The molecule has 0 spiro atoms. The Morgan fingerprint density at radius 3 is 2.76 bits per heavy atom. The van der Waals surface area contributed by atoms with E-state index < -0.39 is 0 Å². The highest BCUT2D eigenvalue weighted by Crippen LogP contribution is 2.19. The average Bonchev–Trinajstić information content (AvgIpc) is 2.97. The predicted octanol–water partition coefficient (Wildman–Crippen LogP) is 3.38. The fraction of sp³-hybridized carbons (Fsp3) is 0.167. The summed E-state index contributed by atoms with van der Waals surface area (Å²) < 4.78 is 1.65. The molecule has 0 bridgehead atoms. The third kappa shape index (κ3) is 3.64. The SMILES string of the molecule is CCCNC(=O)c1c(NC(=O)c2cccc(Cl)c2)nc2ccccn12. The minimum atomic E-state index is -0.379. The lowest BCUT2D eigenvalue weighted by Gasteiger charge is -2.07. The van der Waals surface area contributed by atoms with Gasteiger partial charge in [-0.05, 0) is 36.8 Å². The maximum atomic E-state index is 12.5. The van der Waals surface area contributed by atoms with Crippen LogP contribution in [0.5, 0.6) is 0 Å². The molecule has 1 aromatic carbocycles. The minimum absolute atomic E-state index is 0.213. The number of imidazole rings is 1. The maximum Gasteiger partial charge on any atom is 0.272 e. The highest BCUT2D eigenvalue weighted by atomic mass is 35.5. The maximum absolute atomic E-state index is 12.5. The number of halogens is 1. The molecule has 7 heteroatoms. The lowest BCUT2D eigenvalue weighted by molar-refractivity contribution is 0.0949. The molecule has 0 aliphatic heterocycles. The summed E-state index contributed by atoms with van der Waals surface area (Å²) in [5, 5.41) is 5.99. The van der Waals surface area contributed by atoms with E-state index in [9.17, 15) is 9.59 Å². The molecule has 0 atom stereocenters. The second-order valence-corrected chi connectivity index (χ2v) is 5.89. The molecule has 2 amide bonds. The summed E-state index contributed by atoms with van der Waals surface area (Å²) >= 11 is 5.93. The zero-order chi connectivity index (χ0) is 17.8. The minimum Gasteiger partial charge on any atom is -0.351 e. The Bertz CT molecular complexity index is 936. The van der Waals surface area contributed by atoms with Crippen LogP contribution in [0.15, 0.2) is 48.7 Å². The molecule has 3 aromatic rings. The summed E-state index contributed by atoms with van der Waals surface area (Å²) in [5.41, 5.74) is 1.26. The van der Waals surface area contributed by atoms with Gasteiger partial charge >= 0.3 is 0 Å². The van der Waals surface area contributed by atoms with Crippen LogP contribution in [-0.4, -0.2) is 27.7 Å². The molecular formula is C18H17ClN4O2. The van der Waals surface area contributed by atoms with Gasteiger partial charge in [0.05, 0.1) is 0 Å². The van der Waals surface area contributed by atoms with Crippen molar-refractivity contribution in [3.63, 3.8) is 0 Å². The molecule has 2 N–H and O–H groups in total. The van der Waals surface area contributed by atoms with Crippen LogP contribution in [-0.2, 0) is 0 Å². The van der Waals surface area contributed by atoms with Gasteiger partial charge in [0.25, 0.3) is 11.8 Å². The van der Waals surface area contributed by atoms with E-state index in [1.54, 1.807) is 47.0 Å². The third-order valence-corrected chi connectivity index (χ3v) is 3.83. The number of benzene rings is 1. The first kappa shape index (κ1) is 17.0. The number of hydrogen-bond acceptors (Lipinski definition) is 3. The number of amides is 2. The zero-order valence-corrected chi connectivity index (χ0v) is 14.4. The number of rotatable bonds is 5. The Morgan fingerprint density at radius 1 is 1.16 bits per heavy atom. The Morgan fingerprint density at radius 2 is 2.00 bits per heavy atom. The van der Waals surface area contributed by atoms with Crippen LogP contribution in [0.25, 0.3) is 5.65 Å². The smallest absolute Gasteiger partial charge is 0.272 e. The van der Waals surface area contributed by atoms with Crippen molar-refractivity contribution in [2.75, 3.05) is 11.9 Å². The molecule has 6 nitrogen and oxygen atoms in total. The molecule has 0 aliphatic rings. The molecule has 25 heavy (non-hydrogen) atoms. The molecule has 128 valence electrons. The second-order valence-electron chi connectivity index (χ2n) is 5.46. The summed E-state index contributed by atoms with van der Waals surface area (Å²) in [5.74, 6) is -0.456. The molecule has 2 heterocycles. The zero-order valence-electron chi connectivity index (χ0n) is 13.6. The fourth-order valence-electron chi connectivity index (χ4n) is 2.43. The van der Waals surface area contributed by atoms with Gasteiger partial charge in [-0.25, -0.2) is 4.98 Å². The molecule has 0 saturated carbocycles. The van der Waals surface area contributed by atoms with Gasteiger partial charge in [0.1, 0.15) is 5.65 Å². The third-order valence-electron chi connectivity index (χ3n) is 3.60. The number of nitrogens with zero attached hydrogens (tertiary/aromatic N) is 2. The van der Waals surface area contributed by atoms with Crippen LogP contribution in [0, 0.1) is 0 Å². The van der Waals surface area contributed by atoms with Gasteiger partial charge in [0, 0.05) is 23.3 Å². The van der Waals surface area contributed by atoms with E-state index >= 15 is 0 Å². The van der Waals surface area contributed by atoms with Gasteiger partial charge in [-0.1, -0.05) is 30.7 Å². The highest BCUT2D eigenvalue weighted by Gasteiger charge is 2.21. The van der Waals surface area contributed by atoms with E-state index in [1.807, 2.05) is 13.0 Å². The fourth-order valence-corrected chi connectivity index (χ4v) is 2.62. The van der Waals surface area contributed by atoms with Crippen LogP contribution < -0.4 is 10.6 Å². The van der Waals surface area contributed by atoms with Crippen molar-refractivity contribution in [3.05, 3.63) is 64.9 Å². The number of anilines is 1. The van der Waals surface area contributed by atoms with Crippen molar-refractivity contribution in [1.82, 2.24) is 14.7 Å². The normalized spacial score (nSPS) is 10.6. The van der Waals surface area contributed by atoms with Gasteiger partial charge in [0.2, 0.25) is 0 Å². The highest BCUT2D eigenvalue weighted by molar-refractivity contribution is 6.31. The van der Waals surface area contributed by atoms with Crippen LogP contribution in [0.1, 0.15) is 34.2 Å². The number of pyridine rings is 1. The van der Waals surface area contributed by atoms with Gasteiger partial charge in [0.15, 0.2) is 11.5 Å². The van der Waals surface area contributed by atoms with Crippen LogP contribution in [0.2, 0.25) is 5.02 Å². The number of carbonyl (C=O) groups is 2. The van der Waals surface area contributed by atoms with Crippen molar-refractivity contribution in [2.45, 2.75) is 13.3 Å². The molecule has 0 radical (unpaired) electrons. The van der Waals surface area contributed by atoms with Crippen LogP contribution in [0.3, 0.4) is 0 Å². The van der Waals surface area contributed by atoms with Crippen LogP contribution >= 0.6 is 11.6 Å². The summed E-state index contributed by atoms with van der Waals surface area (Å²) in [4.78, 5) is 29.4. The van der Waals surface area contributed by atoms with Gasteiger partial charge < -0.3 is 10.6 Å². The first-order valence-corrected chi connectivity index (χ1v) is 8.30. The van der Waals surface area contributed by atoms with E-state index in [1.165, 1.54) is 0 Å². The Kier molecular flexibility index (Phi) is 5.00. The monoisotopic (exact) mass is 356 g/mol. The van der Waals surface area contributed by atoms with Gasteiger partial charge in [-0.2, -0.15) is 0 Å². The van der Waals surface area contributed by atoms with E-state index in [0.29, 0.717) is 28.5 Å². The molecule has 3 rings (SSSR count). The number of nitrogens with one attached hydrogen (secondary N) is 2. The standard InChI is InChI=1S/C18H17ClN4O2/c1-2-9-20-18(25)15-16(21-14-8-3-4-10-23(14)15)22-17(24)12-6-5-7-13(19)11-12/h3-8,10-11H,2,9H2,1H3,(H,20,25)(H,22,24). The Balaban J connectivity index is 1.97. The van der Waals surface area contributed by atoms with E-state index in [0.717, 1.165) is 6.42 Å². The Hall–Kier alpha value is -2.86. The van der Waals surface area contributed by atoms with Gasteiger partial charge in [-0.3, -0.25) is 14.0 Å². The number of fused-ring (bicyclic) bond motifs is 1. The Labute approximate surface area is 149 Å². The molecular weight excluding hydrogens is 340 g/mol. The van der Waals surface area contributed by atoms with Crippen molar-refractivity contribution in [2.24, 2.45) is 0 Å². The lowest BCUT2D eigenvalue weighted by atomic mass is 10.2. The quantitative estimate of drug-likeness (QED) is 0.735. The van der Waals surface area contributed by atoms with Gasteiger partial charge in [-0.15, -0.1) is 0 Å². The van der Waals surface area contributed by atoms with Crippen molar-refractivity contribution < 1.29 is 9.59 Å². The first-order valence-electron chi connectivity index (χ1n) is 7.92. The molecule has 0 unspecified atom stereocenters. The summed E-state index contributed by atoms with van der Waals surface area (Å²) in [6, 6.07) is 12.0. The van der Waals surface area contributed by atoms with E-state index in [2.05, 4.69) is 15.6 Å². The predicted molar refractivity (Wildman–Crippen MR) is 97.2 cm³/mol. The molecule has 2 aromatic heterocycles. The molecule has 0 saturated heterocycles. The van der Waals surface area contributed by atoms with E-state index in [4.69, 9.17) is 11.6 Å². The number of carbonyl (C=O) groups excluding carboxylic acids is 2. The second kappa shape index (κ2) is 7.36. The summed E-state index contributed by atoms with van der Waals surface area (Å²) in [6.45, 7) is 2.51. The van der Waals surface area contributed by atoms with Crippen molar-refractivity contribution >= 4 is 34.9 Å². The topological polar surface area (TPSA) is 75.5 Å². The largest absolute Gasteiger partial charge is 0.351 e. The molecule has 0 aliphatic carbocycles. The summed E-state index contributed by atoms with van der Waals surface area (Å²) in [7, 11) is 0. The van der Waals surface area contributed by atoms with Crippen molar-refractivity contribution in [1.29, 1.82) is 0 Å². The van der Waals surface area contributed by atoms with Crippen LogP contribution in [0.4, 0.5) is 5.82 Å². The van der Waals surface area contributed by atoms with E-state index in [-0.39, 0.29) is 17.6 Å². The average molecular weight is 357 g/mol. The lowest BCUT2D eigenvalue weighted by Crippen LogP contribution is -2.27. The summed E-state index contributed by atoms with van der Waals surface area (Å²) in [6.07, 6.45) is 2.55. The number of aromatic nitrogens is 2. The number of hydrogen-bond donors (Lipinski definition) is 2. The first-order chi connectivity index (χ1) is 12.1. The van der Waals surface area contributed by atoms with Crippen molar-refractivity contribution in [3.8, 4) is 0 Å².